The van der Waals surface area contributed by atoms with E-state index in [1.54, 1.807) is 24.1 Å². The van der Waals surface area contributed by atoms with Gasteiger partial charge in [0.15, 0.2) is 0 Å². The van der Waals surface area contributed by atoms with Crippen LogP contribution in [0.3, 0.4) is 0 Å². The number of rotatable bonds is 6. The van der Waals surface area contributed by atoms with Crippen LogP contribution >= 0.6 is 11.6 Å². The fourth-order valence-electron chi connectivity index (χ4n) is 1.81. The van der Waals surface area contributed by atoms with Crippen LogP contribution in [0.5, 0.6) is 5.88 Å². The Kier molecular flexibility index (Phi) is 4.89. The number of hydrogen-bond acceptors (Lipinski definition) is 6. The van der Waals surface area contributed by atoms with Gasteiger partial charge in [-0.2, -0.15) is 5.10 Å². The molecule has 8 heteroatoms. The summed E-state index contributed by atoms with van der Waals surface area (Å²) in [5.74, 6) is 0.449. The van der Waals surface area contributed by atoms with Gasteiger partial charge in [-0.3, -0.25) is 4.68 Å². The molecule has 2 N–H and O–H groups in total. The van der Waals surface area contributed by atoms with Crippen LogP contribution in [0.4, 0.5) is 0 Å². The summed E-state index contributed by atoms with van der Waals surface area (Å²) >= 11 is 6.16. The fourth-order valence-corrected chi connectivity index (χ4v) is 2.07. The van der Waals surface area contributed by atoms with Crippen molar-refractivity contribution in [3.63, 3.8) is 0 Å². The molecule has 1 unspecified atom stereocenters. The first-order valence-corrected chi connectivity index (χ1v) is 6.36. The highest BCUT2D eigenvalue weighted by molar-refractivity contribution is 6.31. The first kappa shape index (κ1) is 14.7. The summed E-state index contributed by atoms with van der Waals surface area (Å²) in [4.78, 5) is 8.11. The van der Waals surface area contributed by atoms with Crippen LogP contribution in [0.2, 0.25) is 5.02 Å². The second-order valence-corrected chi connectivity index (χ2v) is 4.46. The van der Waals surface area contributed by atoms with Gasteiger partial charge in [-0.05, 0) is 0 Å². The van der Waals surface area contributed by atoms with Crippen LogP contribution in [-0.4, -0.2) is 40.6 Å². The van der Waals surface area contributed by atoms with Crippen molar-refractivity contribution in [2.75, 3.05) is 20.8 Å². The predicted molar refractivity (Wildman–Crippen MR) is 73.7 cm³/mol. The molecule has 0 saturated heterocycles. The topological polar surface area (TPSA) is 88.1 Å². The maximum absolute atomic E-state index is 6.23. The van der Waals surface area contributed by atoms with Crippen molar-refractivity contribution in [1.29, 1.82) is 0 Å². The van der Waals surface area contributed by atoms with Crippen LogP contribution in [0.1, 0.15) is 17.4 Å². The number of aromatic nitrogens is 4. The van der Waals surface area contributed by atoms with Crippen LogP contribution < -0.4 is 10.5 Å². The molecule has 0 radical (unpaired) electrons. The summed E-state index contributed by atoms with van der Waals surface area (Å²) in [5, 5.41) is 4.68. The minimum atomic E-state index is -0.515. The van der Waals surface area contributed by atoms with Crippen molar-refractivity contribution in [1.82, 2.24) is 19.7 Å². The number of nitrogens with zero attached hydrogens (tertiary/aromatic N) is 4. The van der Waals surface area contributed by atoms with Crippen LogP contribution in [0.25, 0.3) is 0 Å². The van der Waals surface area contributed by atoms with Gasteiger partial charge in [-0.25, -0.2) is 9.97 Å². The SMILES string of the molecule is COCCn1ncc(Cl)c1C(N)c1cc(OC)ncn1. The Hall–Kier alpha value is -1.70. The Morgan fingerprint density at radius 1 is 1.40 bits per heavy atom. The van der Waals surface area contributed by atoms with Crippen molar-refractivity contribution in [2.24, 2.45) is 5.73 Å². The zero-order valence-electron chi connectivity index (χ0n) is 11.3. The Labute approximate surface area is 121 Å². The zero-order valence-corrected chi connectivity index (χ0v) is 12.0. The number of halogens is 1. The van der Waals surface area contributed by atoms with Gasteiger partial charge in [0.05, 0.1) is 48.9 Å². The molecule has 0 aliphatic carbocycles. The third kappa shape index (κ3) is 3.06. The van der Waals surface area contributed by atoms with Crippen molar-refractivity contribution >= 4 is 11.6 Å². The van der Waals surface area contributed by atoms with Gasteiger partial charge >= 0.3 is 0 Å². The fraction of sp³-hybridized carbons (Fsp3) is 0.417. The van der Waals surface area contributed by atoms with Crippen molar-refractivity contribution in [3.05, 3.63) is 35.0 Å². The monoisotopic (exact) mass is 297 g/mol. The summed E-state index contributed by atoms with van der Waals surface area (Å²) in [5.41, 5.74) is 7.52. The molecular formula is C12H16ClN5O2. The van der Waals surface area contributed by atoms with Crippen LogP contribution in [0, 0.1) is 0 Å². The highest BCUT2D eigenvalue weighted by Crippen LogP contribution is 2.26. The lowest BCUT2D eigenvalue weighted by Crippen LogP contribution is -2.20. The van der Waals surface area contributed by atoms with Gasteiger partial charge < -0.3 is 15.2 Å². The molecule has 7 nitrogen and oxygen atoms in total. The summed E-state index contributed by atoms with van der Waals surface area (Å²) in [6.07, 6.45) is 2.96. The van der Waals surface area contributed by atoms with E-state index in [0.717, 1.165) is 0 Å². The Balaban J connectivity index is 2.31. The minimum absolute atomic E-state index is 0.449. The average molecular weight is 298 g/mol. The van der Waals surface area contributed by atoms with Crippen molar-refractivity contribution in [3.8, 4) is 5.88 Å². The van der Waals surface area contributed by atoms with Gasteiger partial charge in [0.1, 0.15) is 6.33 Å². The molecular weight excluding hydrogens is 282 g/mol. The van der Waals surface area contributed by atoms with Gasteiger partial charge in [0.2, 0.25) is 5.88 Å². The van der Waals surface area contributed by atoms with E-state index in [0.29, 0.717) is 35.4 Å². The second kappa shape index (κ2) is 6.65. The molecule has 2 aromatic rings. The van der Waals surface area contributed by atoms with E-state index < -0.39 is 6.04 Å². The molecule has 0 aliphatic rings. The highest BCUT2D eigenvalue weighted by Gasteiger charge is 2.20. The summed E-state index contributed by atoms with van der Waals surface area (Å²) in [7, 11) is 3.16. The molecule has 0 amide bonds. The number of methoxy groups -OCH3 is 2. The standard InChI is InChI=1S/C12H16ClN5O2/c1-19-4-3-18-12(8(13)6-17-18)11(14)9-5-10(20-2)16-7-15-9/h5-7,11H,3-4,14H2,1-2H3. The lowest BCUT2D eigenvalue weighted by atomic mass is 10.1. The van der Waals surface area contributed by atoms with Gasteiger partial charge in [-0.1, -0.05) is 11.6 Å². The third-order valence-electron chi connectivity index (χ3n) is 2.83. The molecule has 0 aromatic carbocycles. The van der Waals surface area contributed by atoms with Gasteiger partial charge in [-0.15, -0.1) is 0 Å². The molecule has 0 fully saturated rings. The third-order valence-corrected chi connectivity index (χ3v) is 3.12. The van der Waals surface area contributed by atoms with E-state index in [9.17, 15) is 0 Å². The molecule has 2 aromatic heterocycles. The molecule has 1 atom stereocenters. The molecule has 0 spiro atoms. The summed E-state index contributed by atoms with van der Waals surface area (Å²) < 4.78 is 11.8. The second-order valence-electron chi connectivity index (χ2n) is 4.06. The Morgan fingerprint density at radius 2 is 2.20 bits per heavy atom. The van der Waals surface area contributed by atoms with E-state index in [-0.39, 0.29) is 0 Å². The minimum Gasteiger partial charge on any atom is -0.481 e. The maximum atomic E-state index is 6.23. The van der Waals surface area contributed by atoms with Crippen molar-refractivity contribution in [2.45, 2.75) is 12.6 Å². The molecule has 2 rings (SSSR count). The molecule has 0 aliphatic heterocycles. The van der Waals surface area contributed by atoms with E-state index >= 15 is 0 Å². The van der Waals surface area contributed by atoms with Crippen LogP contribution in [-0.2, 0) is 11.3 Å². The molecule has 20 heavy (non-hydrogen) atoms. The molecule has 2 heterocycles. The lowest BCUT2D eigenvalue weighted by molar-refractivity contribution is 0.182. The first-order chi connectivity index (χ1) is 9.67. The number of hydrogen-bond donors (Lipinski definition) is 1. The number of nitrogens with two attached hydrogens (primary N) is 1. The lowest BCUT2D eigenvalue weighted by Gasteiger charge is -2.14. The van der Waals surface area contributed by atoms with Gasteiger partial charge in [0, 0.05) is 13.2 Å². The quantitative estimate of drug-likeness (QED) is 0.857. The maximum Gasteiger partial charge on any atom is 0.216 e. The average Bonchev–Trinajstić information content (AvgIpc) is 2.85. The van der Waals surface area contributed by atoms with Crippen LogP contribution in [0.15, 0.2) is 18.6 Å². The van der Waals surface area contributed by atoms with E-state index in [1.165, 1.54) is 13.4 Å². The van der Waals surface area contributed by atoms with E-state index in [4.69, 9.17) is 26.8 Å². The zero-order chi connectivity index (χ0) is 14.5. The molecule has 0 saturated carbocycles. The van der Waals surface area contributed by atoms with E-state index in [1.807, 2.05) is 0 Å². The number of ether oxygens (including phenoxy) is 2. The van der Waals surface area contributed by atoms with Gasteiger partial charge in [0.25, 0.3) is 0 Å². The highest BCUT2D eigenvalue weighted by atomic mass is 35.5. The Morgan fingerprint density at radius 3 is 2.90 bits per heavy atom. The normalized spacial score (nSPS) is 12.4. The first-order valence-electron chi connectivity index (χ1n) is 5.99. The molecule has 0 bridgehead atoms. The molecule has 108 valence electrons. The smallest absolute Gasteiger partial charge is 0.216 e. The van der Waals surface area contributed by atoms with E-state index in [2.05, 4.69) is 15.1 Å². The largest absolute Gasteiger partial charge is 0.481 e. The van der Waals surface area contributed by atoms with Crippen molar-refractivity contribution < 1.29 is 9.47 Å². The summed E-state index contributed by atoms with van der Waals surface area (Å²) in [6, 6.07) is 1.16. The predicted octanol–water partition coefficient (Wildman–Crippen LogP) is 1.03. The Bertz CT molecular complexity index is 575. The summed E-state index contributed by atoms with van der Waals surface area (Å²) in [6.45, 7) is 1.08.